The van der Waals surface area contributed by atoms with Gasteiger partial charge in [-0.25, -0.2) is 4.79 Å². The molecule has 1 aromatic heterocycles. The van der Waals surface area contributed by atoms with Crippen LogP contribution in [0.1, 0.15) is 65.0 Å². The van der Waals surface area contributed by atoms with Crippen molar-refractivity contribution in [2.75, 3.05) is 11.9 Å². The van der Waals surface area contributed by atoms with E-state index in [9.17, 15) is 9.59 Å². The minimum absolute atomic E-state index is 0.107. The van der Waals surface area contributed by atoms with E-state index in [1.165, 1.54) is 0 Å². The fourth-order valence-electron chi connectivity index (χ4n) is 3.05. The molecule has 1 aliphatic rings. The summed E-state index contributed by atoms with van der Waals surface area (Å²) in [5.74, 6) is 0.730. The number of nitrogens with zero attached hydrogens (tertiary/aromatic N) is 2. The summed E-state index contributed by atoms with van der Waals surface area (Å²) in [5, 5.41) is 12.9. The van der Waals surface area contributed by atoms with Gasteiger partial charge in [0.25, 0.3) is 0 Å². The summed E-state index contributed by atoms with van der Waals surface area (Å²) in [6.07, 6.45) is 5.28. The maximum Gasteiger partial charge on any atom is 0.319 e. The van der Waals surface area contributed by atoms with Crippen LogP contribution in [0.3, 0.4) is 0 Å². The number of hydrogen-bond acceptors (Lipinski definition) is 3. The first kappa shape index (κ1) is 19.3. The number of anilines is 1. The lowest BCUT2D eigenvalue weighted by molar-refractivity contribution is -0.122. The summed E-state index contributed by atoms with van der Waals surface area (Å²) < 4.78 is 1.97. The lowest BCUT2D eigenvalue weighted by Gasteiger charge is -2.17. The zero-order valence-electron chi connectivity index (χ0n) is 15.8. The molecule has 140 valence electrons. The van der Waals surface area contributed by atoms with E-state index in [4.69, 9.17) is 0 Å². The molecular formula is C18H31N5O2. The summed E-state index contributed by atoms with van der Waals surface area (Å²) in [6, 6.07) is -0.826. The molecule has 1 unspecified atom stereocenters. The summed E-state index contributed by atoms with van der Waals surface area (Å²) in [6.45, 7) is 10.1. The third kappa shape index (κ3) is 5.47. The Kier molecular flexibility index (Phi) is 6.84. The van der Waals surface area contributed by atoms with Crippen molar-refractivity contribution in [3.05, 3.63) is 11.9 Å². The number of rotatable bonds is 6. The van der Waals surface area contributed by atoms with Crippen molar-refractivity contribution in [2.24, 2.45) is 5.92 Å². The fraction of sp³-hybridized carbons (Fsp3) is 0.722. The zero-order valence-corrected chi connectivity index (χ0v) is 15.8. The molecule has 0 aliphatic carbocycles. The van der Waals surface area contributed by atoms with Crippen LogP contribution in [0.4, 0.5) is 10.5 Å². The molecule has 7 heteroatoms. The van der Waals surface area contributed by atoms with Crippen LogP contribution in [-0.2, 0) is 11.3 Å². The van der Waals surface area contributed by atoms with Crippen LogP contribution >= 0.6 is 0 Å². The molecule has 25 heavy (non-hydrogen) atoms. The predicted octanol–water partition coefficient (Wildman–Crippen LogP) is 2.84. The molecule has 2 rings (SSSR count). The van der Waals surface area contributed by atoms with Gasteiger partial charge in [0.1, 0.15) is 6.04 Å². The van der Waals surface area contributed by atoms with Crippen LogP contribution in [0.5, 0.6) is 0 Å². The fourth-order valence-corrected chi connectivity index (χ4v) is 3.05. The Balaban J connectivity index is 2.03. The lowest BCUT2D eigenvalue weighted by atomic mass is 10.1. The molecule has 0 radical (unpaired) electrons. The van der Waals surface area contributed by atoms with Gasteiger partial charge in [-0.15, -0.1) is 0 Å². The predicted molar refractivity (Wildman–Crippen MR) is 98.6 cm³/mol. The van der Waals surface area contributed by atoms with Crippen molar-refractivity contribution in [1.82, 2.24) is 20.4 Å². The molecule has 7 nitrogen and oxygen atoms in total. The first-order chi connectivity index (χ1) is 11.9. The maximum absolute atomic E-state index is 12.3. The summed E-state index contributed by atoms with van der Waals surface area (Å²) in [4.78, 5) is 24.3. The van der Waals surface area contributed by atoms with Gasteiger partial charge < -0.3 is 16.0 Å². The van der Waals surface area contributed by atoms with E-state index < -0.39 is 6.04 Å². The summed E-state index contributed by atoms with van der Waals surface area (Å²) in [5.41, 5.74) is 1.73. The molecule has 1 atom stereocenters. The second-order valence-electron chi connectivity index (χ2n) is 7.44. The molecule has 0 aromatic carbocycles. The minimum atomic E-state index is -0.471. The molecule has 3 N–H and O–H groups in total. The second kappa shape index (κ2) is 8.87. The standard InChI is InChI=1S/C18H31N5O2/c1-12(2)8-10-23-16(13(3)4)15(11-20-23)22-18(25)21-14-7-5-6-9-19-17(14)24/h11-14H,5-10H2,1-4H3,(H,19,24)(H2,21,22,25). The number of carbonyl (C=O) groups is 2. The van der Waals surface area contributed by atoms with Crippen molar-refractivity contribution < 1.29 is 9.59 Å². The Labute approximate surface area is 149 Å². The summed E-state index contributed by atoms with van der Waals surface area (Å²) in [7, 11) is 0. The molecule has 1 saturated heterocycles. The van der Waals surface area contributed by atoms with E-state index in [1.807, 2.05) is 4.68 Å². The molecule has 0 spiro atoms. The van der Waals surface area contributed by atoms with Crippen LogP contribution < -0.4 is 16.0 Å². The molecule has 3 amide bonds. The number of aromatic nitrogens is 2. The number of amides is 3. The van der Waals surface area contributed by atoms with Gasteiger partial charge in [-0.3, -0.25) is 9.48 Å². The van der Waals surface area contributed by atoms with E-state index in [2.05, 4.69) is 48.7 Å². The average molecular weight is 349 g/mol. The quantitative estimate of drug-likeness (QED) is 0.738. The van der Waals surface area contributed by atoms with Crippen molar-refractivity contribution in [2.45, 2.75) is 71.9 Å². The maximum atomic E-state index is 12.3. The number of nitrogens with one attached hydrogen (secondary N) is 3. The zero-order chi connectivity index (χ0) is 18.4. The van der Waals surface area contributed by atoms with Gasteiger partial charge in [0.15, 0.2) is 0 Å². The van der Waals surface area contributed by atoms with Crippen molar-refractivity contribution in [1.29, 1.82) is 0 Å². The van der Waals surface area contributed by atoms with E-state index >= 15 is 0 Å². The van der Waals surface area contributed by atoms with Crippen LogP contribution in [0.25, 0.3) is 0 Å². The highest BCUT2D eigenvalue weighted by atomic mass is 16.2. The first-order valence-corrected chi connectivity index (χ1v) is 9.29. The van der Waals surface area contributed by atoms with Gasteiger partial charge >= 0.3 is 6.03 Å². The van der Waals surface area contributed by atoms with Gasteiger partial charge in [0.05, 0.1) is 17.6 Å². The number of aryl methyl sites for hydroxylation is 1. The normalized spacial score (nSPS) is 18.2. The minimum Gasteiger partial charge on any atom is -0.354 e. The van der Waals surface area contributed by atoms with Crippen molar-refractivity contribution >= 4 is 17.6 Å². The Morgan fingerprint density at radius 2 is 2.12 bits per heavy atom. The van der Waals surface area contributed by atoms with Crippen LogP contribution in [-0.4, -0.2) is 34.3 Å². The largest absolute Gasteiger partial charge is 0.354 e. The van der Waals surface area contributed by atoms with Crippen LogP contribution in [0.15, 0.2) is 6.20 Å². The van der Waals surface area contributed by atoms with Crippen LogP contribution in [0.2, 0.25) is 0 Å². The monoisotopic (exact) mass is 349 g/mol. The number of carbonyl (C=O) groups excluding carboxylic acids is 2. The van der Waals surface area contributed by atoms with Crippen molar-refractivity contribution in [3.8, 4) is 0 Å². The SMILES string of the molecule is CC(C)CCn1ncc(NC(=O)NC2CCCCNC2=O)c1C(C)C. The Morgan fingerprint density at radius 1 is 1.36 bits per heavy atom. The van der Waals surface area contributed by atoms with Gasteiger partial charge in [0.2, 0.25) is 5.91 Å². The highest BCUT2D eigenvalue weighted by Crippen LogP contribution is 2.24. The Morgan fingerprint density at radius 3 is 2.80 bits per heavy atom. The molecule has 0 bridgehead atoms. The Hall–Kier alpha value is -2.05. The van der Waals surface area contributed by atoms with E-state index in [0.717, 1.165) is 31.5 Å². The van der Waals surface area contributed by atoms with E-state index in [-0.39, 0.29) is 17.9 Å². The van der Waals surface area contributed by atoms with Gasteiger partial charge in [0, 0.05) is 13.1 Å². The smallest absolute Gasteiger partial charge is 0.319 e. The molecule has 1 fully saturated rings. The van der Waals surface area contributed by atoms with Gasteiger partial charge in [-0.05, 0) is 37.5 Å². The third-order valence-electron chi connectivity index (χ3n) is 4.43. The number of urea groups is 1. The topological polar surface area (TPSA) is 88.1 Å². The van der Waals surface area contributed by atoms with Gasteiger partial charge in [-0.1, -0.05) is 27.7 Å². The third-order valence-corrected chi connectivity index (χ3v) is 4.43. The Bertz CT molecular complexity index is 594. The number of hydrogen-bond donors (Lipinski definition) is 3. The highest BCUT2D eigenvalue weighted by molar-refractivity contribution is 5.94. The van der Waals surface area contributed by atoms with E-state index in [0.29, 0.717) is 24.6 Å². The highest BCUT2D eigenvalue weighted by Gasteiger charge is 2.23. The molecular weight excluding hydrogens is 318 g/mol. The van der Waals surface area contributed by atoms with E-state index in [1.54, 1.807) is 6.20 Å². The molecule has 0 saturated carbocycles. The average Bonchev–Trinajstić information content (AvgIpc) is 2.82. The lowest BCUT2D eigenvalue weighted by Crippen LogP contribution is -2.47. The molecule has 2 heterocycles. The first-order valence-electron chi connectivity index (χ1n) is 9.29. The molecule has 1 aromatic rings. The molecule has 1 aliphatic heterocycles. The summed E-state index contributed by atoms with van der Waals surface area (Å²) >= 11 is 0. The second-order valence-corrected chi connectivity index (χ2v) is 7.44. The van der Waals surface area contributed by atoms with Crippen molar-refractivity contribution in [3.63, 3.8) is 0 Å². The van der Waals surface area contributed by atoms with Gasteiger partial charge in [-0.2, -0.15) is 5.10 Å². The van der Waals surface area contributed by atoms with Crippen LogP contribution in [0, 0.1) is 5.92 Å².